The van der Waals surface area contributed by atoms with Gasteiger partial charge in [0.05, 0.1) is 0 Å². The van der Waals surface area contributed by atoms with Crippen molar-refractivity contribution in [3.8, 4) is 0 Å². The van der Waals surface area contributed by atoms with Gasteiger partial charge in [0.2, 0.25) is 0 Å². The molecule has 0 aromatic carbocycles. The molecule has 0 fully saturated rings. The van der Waals surface area contributed by atoms with E-state index in [1.807, 2.05) is 0 Å². The van der Waals surface area contributed by atoms with E-state index in [1.54, 1.807) is 0 Å². The highest BCUT2D eigenvalue weighted by Gasteiger charge is 2.22. The minimum atomic E-state index is -0.579. The van der Waals surface area contributed by atoms with Crippen LogP contribution in [0.3, 0.4) is 0 Å². The fourth-order valence-electron chi connectivity index (χ4n) is 1.17. The van der Waals surface area contributed by atoms with Crippen molar-refractivity contribution in [1.29, 1.82) is 0 Å². The second kappa shape index (κ2) is 6.11. The smallest absolute Gasteiger partial charge is 0.120 e. The number of hydrogen-bond donors (Lipinski definition) is 3. The first-order valence-electron chi connectivity index (χ1n) is 4.13. The van der Waals surface area contributed by atoms with Crippen molar-refractivity contribution in [3.63, 3.8) is 0 Å². The normalized spacial score (nSPS) is 11.6. The summed E-state index contributed by atoms with van der Waals surface area (Å²) < 4.78 is 0. The number of nitrogens with two attached hydrogens (primary N) is 1. The average molecular weight is 175 g/mol. The third-order valence-corrected chi connectivity index (χ3v) is 1.98. The summed E-state index contributed by atoms with van der Waals surface area (Å²) in [6.45, 7) is -0.00921. The molecule has 0 saturated carbocycles. The standard InChI is InChI=1S/C8H17NO3/c9-8(3-6-11,4-7-12)2-1-5-10/h5,11-12H,1-4,6-7,9H2. The second-order valence-electron chi connectivity index (χ2n) is 3.01. The van der Waals surface area contributed by atoms with Crippen LogP contribution in [0.5, 0.6) is 0 Å². The number of hydrogen-bond acceptors (Lipinski definition) is 4. The molecule has 0 aliphatic heterocycles. The van der Waals surface area contributed by atoms with Crippen LogP contribution in [0.1, 0.15) is 25.7 Å². The molecule has 0 unspecified atom stereocenters. The minimum Gasteiger partial charge on any atom is -0.396 e. The first-order chi connectivity index (χ1) is 5.68. The Morgan fingerprint density at radius 2 is 1.67 bits per heavy atom. The van der Waals surface area contributed by atoms with Crippen molar-refractivity contribution in [1.82, 2.24) is 0 Å². The predicted molar refractivity (Wildman–Crippen MR) is 45.6 cm³/mol. The van der Waals surface area contributed by atoms with Crippen molar-refractivity contribution in [2.45, 2.75) is 31.2 Å². The molecule has 0 spiro atoms. The van der Waals surface area contributed by atoms with Gasteiger partial charge in [-0.1, -0.05) is 0 Å². The van der Waals surface area contributed by atoms with E-state index in [0.717, 1.165) is 6.29 Å². The highest BCUT2D eigenvalue weighted by atomic mass is 16.3. The highest BCUT2D eigenvalue weighted by Crippen LogP contribution is 2.17. The molecule has 12 heavy (non-hydrogen) atoms. The van der Waals surface area contributed by atoms with Crippen LogP contribution < -0.4 is 5.73 Å². The monoisotopic (exact) mass is 175 g/mol. The van der Waals surface area contributed by atoms with Crippen LogP contribution in [0.2, 0.25) is 0 Å². The van der Waals surface area contributed by atoms with E-state index < -0.39 is 5.54 Å². The molecular weight excluding hydrogens is 158 g/mol. The molecule has 0 radical (unpaired) electrons. The maximum atomic E-state index is 10.1. The molecule has 0 aliphatic rings. The van der Waals surface area contributed by atoms with Crippen LogP contribution in [0.4, 0.5) is 0 Å². The lowest BCUT2D eigenvalue weighted by atomic mass is 9.88. The van der Waals surface area contributed by atoms with Gasteiger partial charge in [-0.25, -0.2) is 0 Å². The van der Waals surface area contributed by atoms with Gasteiger partial charge in [-0.3, -0.25) is 0 Å². The van der Waals surface area contributed by atoms with Gasteiger partial charge >= 0.3 is 0 Å². The highest BCUT2D eigenvalue weighted by molar-refractivity contribution is 5.49. The molecule has 72 valence electrons. The van der Waals surface area contributed by atoms with E-state index in [4.69, 9.17) is 15.9 Å². The Labute approximate surface area is 72.4 Å². The summed E-state index contributed by atoms with van der Waals surface area (Å²) >= 11 is 0. The van der Waals surface area contributed by atoms with E-state index in [-0.39, 0.29) is 13.2 Å². The summed E-state index contributed by atoms with van der Waals surface area (Å²) in [7, 11) is 0. The third-order valence-electron chi connectivity index (χ3n) is 1.98. The lowest BCUT2D eigenvalue weighted by Crippen LogP contribution is -2.41. The molecule has 0 heterocycles. The van der Waals surface area contributed by atoms with E-state index in [0.29, 0.717) is 25.7 Å². The van der Waals surface area contributed by atoms with Crippen molar-refractivity contribution in [2.75, 3.05) is 13.2 Å². The van der Waals surface area contributed by atoms with Crippen molar-refractivity contribution in [2.24, 2.45) is 5.73 Å². The number of aldehydes is 1. The number of rotatable bonds is 7. The van der Waals surface area contributed by atoms with Gasteiger partial charge in [0.1, 0.15) is 6.29 Å². The van der Waals surface area contributed by atoms with Crippen molar-refractivity contribution < 1.29 is 15.0 Å². The first-order valence-corrected chi connectivity index (χ1v) is 4.13. The quantitative estimate of drug-likeness (QED) is 0.452. The predicted octanol–water partition coefficient (Wildman–Crippen LogP) is -0.572. The second-order valence-corrected chi connectivity index (χ2v) is 3.01. The van der Waals surface area contributed by atoms with Crippen LogP contribution in [-0.4, -0.2) is 35.3 Å². The SMILES string of the molecule is NC(CCO)(CCO)CCC=O. The van der Waals surface area contributed by atoms with Crippen LogP contribution in [0.15, 0.2) is 0 Å². The molecule has 0 aliphatic carbocycles. The molecule has 0 saturated heterocycles. The number of carbonyl (C=O) groups excluding carboxylic acids is 1. The van der Waals surface area contributed by atoms with Gasteiger partial charge < -0.3 is 20.7 Å². The Bertz CT molecular complexity index is 121. The van der Waals surface area contributed by atoms with E-state index in [1.165, 1.54) is 0 Å². The summed E-state index contributed by atoms with van der Waals surface area (Å²) in [6, 6.07) is 0. The van der Waals surface area contributed by atoms with Gasteiger partial charge in [0.25, 0.3) is 0 Å². The first kappa shape index (κ1) is 11.6. The van der Waals surface area contributed by atoms with Crippen LogP contribution >= 0.6 is 0 Å². The molecule has 0 aromatic rings. The zero-order chi connectivity index (χ0) is 9.45. The third kappa shape index (κ3) is 4.43. The fraction of sp³-hybridized carbons (Fsp3) is 0.875. The van der Waals surface area contributed by atoms with Gasteiger partial charge in [-0.2, -0.15) is 0 Å². The molecule has 0 bridgehead atoms. The van der Waals surface area contributed by atoms with Gasteiger partial charge in [0, 0.05) is 25.2 Å². The van der Waals surface area contributed by atoms with Gasteiger partial charge in [-0.05, 0) is 19.3 Å². The Kier molecular flexibility index (Phi) is 5.88. The summed E-state index contributed by atoms with van der Waals surface area (Å²) in [5.74, 6) is 0. The van der Waals surface area contributed by atoms with Crippen LogP contribution in [-0.2, 0) is 4.79 Å². The van der Waals surface area contributed by atoms with E-state index in [2.05, 4.69) is 0 Å². The maximum absolute atomic E-state index is 10.1. The molecule has 0 rings (SSSR count). The lowest BCUT2D eigenvalue weighted by Gasteiger charge is -2.27. The van der Waals surface area contributed by atoms with Crippen molar-refractivity contribution >= 4 is 6.29 Å². The Morgan fingerprint density at radius 3 is 2.00 bits per heavy atom. The number of aliphatic hydroxyl groups excluding tert-OH is 2. The Hall–Kier alpha value is -0.450. The van der Waals surface area contributed by atoms with E-state index in [9.17, 15) is 4.79 Å². The molecule has 0 amide bonds. The molecule has 4 nitrogen and oxygen atoms in total. The minimum absolute atomic E-state index is 0.00461. The van der Waals surface area contributed by atoms with Crippen LogP contribution in [0, 0.1) is 0 Å². The van der Waals surface area contributed by atoms with Gasteiger partial charge in [0.15, 0.2) is 0 Å². The largest absolute Gasteiger partial charge is 0.396 e. The number of aliphatic hydroxyl groups is 2. The number of carbonyl (C=O) groups is 1. The summed E-state index contributed by atoms with van der Waals surface area (Å²) in [4.78, 5) is 10.1. The summed E-state index contributed by atoms with van der Waals surface area (Å²) in [6.07, 6.45) is 2.58. The summed E-state index contributed by atoms with van der Waals surface area (Å²) in [5, 5.41) is 17.4. The van der Waals surface area contributed by atoms with Gasteiger partial charge in [-0.15, -0.1) is 0 Å². The average Bonchev–Trinajstić information content (AvgIpc) is 2.02. The lowest BCUT2D eigenvalue weighted by molar-refractivity contribution is -0.108. The van der Waals surface area contributed by atoms with Crippen LogP contribution in [0.25, 0.3) is 0 Å². The molecule has 4 N–H and O–H groups in total. The molecule has 4 heteroatoms. The fourth-order valence-corrected chi connectivity index (χ4v) is 1.17. The maximum Gasteiger partial charge on any atom is 0.120 e. The molecule has 0 aromatic heterocycles. The Morgan fingerprint density at radius 1 is 1.17 bits per heavy atom. The molecule has 0 atom stereocenters. The topological polar surface area (TPSA) is 83.6 Å². The van der Waals surface area contributed by atoms with Crippen molar-refractivity contribution in [3.05, 3.63) is 0 Å². The molecular formula is C8H17NO3. The zero-order valence-electron chi connectivity index (χ0n) is 7.20. The Balaban J connectivity index is 3.88. The zero-order valence-corrected chi connectivity index (χ0v) is 7.20. The van der Waals surface area contributed by atoms with E-state index >= 15 is 0 Å². The summed E-state index contributed by atoms with van der Waals surface area (Å²) in [5.41, 5.74) is 5.25.